The average Bonchev–Trinajstić information content (AvgIpc) is 3.52. The van der Waals surface area contributed by atoms with Gasteiger partial charge in [-0.05, 0) is 66.1 Å². The minimum Gasteiger partial charge on any atom is -0.309 e. The molecule has 0 amide bonds. The minimum atomic E-state index is 1.21. The van der Waals surface area contributed by atoms with Crippen LogP contribution in [0, 0.1) is 13.8 Å². The van der Waals surface area contributed by atoms with Gasteiger partial charge in [-0.15, -0.1) is 0 Å². The maximum absolute atomic E-state index is 2.51. The van der Waals surface area contributed by atoms with Gasteiger partial charge in [-0.3, -0.25) is 0 Å². The summed E-state index contributed by atoms with van der Waals surface area (Å²) in [5, 5.41) is 10.1. The van der Waals surface area contributed by atoms with Gasteiger partial charge in [0, 0.05) is 32.3 Å². The van der Waals surface area contributed by atoms with Crippen molar-refractivity contribution in [3.05, 3.63) is 145 Å². The highest BCUT2D eigenvalue weighted by molar-refractivity contribution is 6.20. The van der Waals surface area contributed by atoms with E-state index in [-0.39, 0.29) is 0 Å². The SMILES string of the molecule is Cc1cc2ccccc2c(-n2c3ccccc3c3cc4c(cc32)c2ccccc2n4-c2cccc3ccccc23)c1C. The molecule has 7 aromatic carbocycles. The number of nitrogens with zero attached hydrogens (tertiary/aromatic N) is 2. The fraction of sp³-hybridized carbons (Fsp3) is 0.0500. The molecular formula is C40H28N2. The Morgan fingerprint density at radius 1 is 0.381 bits per heavy atom. The number of fused-ring (bicyclic) bond motifs is 8. The largest absolute Gasteiger partial charge is 0.309 e. The lowest BCUT2D eigenvalue weighted by atomic mass is 9.99. The Bertz CT molecular complexity index is 2540. The molecule has 2 heteroatoms. The topological polar surface area (TPSA) is 9.86 Å². The highest BCUT2D eigenvalue weighted by Gasteiger charge is 2.21. The maximum Gasteiger partial charge on any atom is 0.0572 e. The van der Waals surface area contributed by atoms with Gasteiger partial charge in [-0.25, -0.2) is 0 Å². The van der Waals surface area contributed by atoms with Crippen LogP contribution < -0.4 is 0 Å². The van der Waals surface area contributed by atoms with E-state index >= 15 is 0 Å². The predicted octanol–water partition coefficient (Wildman–Crippen LogP) is 10.8. The molecule has 198 valence electrons. The van der Waals surface area contributed by atoms with E-state index in [4.69, 9.17) is 0 Å². The van der Waals surface area contributed by atoms with Crippen LogP contribution in [0.2, 0.25) is 0 Å². The molecule has 42 heavy (non-hydrogen) atoms. The lowest BCUT2D eigenvalue weighted by Gasteiger charge is -2.17. The molecule has 0 atom stereocenters. The van der Waals surface area contributed by atoms with Crippen LogP contribution in [-0.2, 0) is 0 Å². The summed E-state index contributed by atoms with van der Waals surface area (Å²) >= 11 is 0. The molecule has 0 unspecified atom stereocenters. The monoisotopic (exact) mass is 536 g/mol. The van der Waals surface area contributed by atoms with Crippen LogP contribution in [0.5, 0.6) is 0 Å². The zero-order valence-corrected chi connectivity index (χ0v) is 23.6. The molecule has 0 spiro atoms. The molecule has 2 heterocycles. The summed E-state index contributed by atoms with van der Waals surface area (Å²) < 4.78 is 4.98. The van der Waals surface area contributed by atoms with Crippen LogP contribution in [0.4, 0.5) is 0 Å². The van der Waals surface area contributed by atoms with Gasteiger partial charge in [0.2, 0.25) is 0 Å². The normalized spacial score (nSPS) is 12.0. The fourth-order valence-corrected chi connectivity index (χ4v) is 7.19. The highest BCUT2D eigenvalue weighted by atomic mass is 15.0. The van der Waals surface area contributed by atoms with Crippen LogP contribution in [0.3, 0.4) is 0 Å². The number of benzene rings is 7. The van der Waals surface area contributed by atoms with Crippen molar-refractivity contribution >= 4 is 65.2 Å². The first-order valence-corrected chi connectivity index (χ1v) is 14.6. The number of hydrogen-bond donors (Lipinski definition) is 0. The van der Waals surface area contributed by atoms with Crippen LogP contribution >= 0.6 is 0 Å². The van der Waals surface area contributed by atoms with Gasteiger partial charge in [0.25, 0.3) is 0 Å². The Kier molecular flexibility index (Phi) is 4.77. The Labute approximate surface area is 243 Å². The number of hydrogen-bond acceptors (Lipinski definition) is 0. The maximum atomic E-state index is 2.51. The van der Waals surface area contributed by atoms with Gasteiger partial charge in [-0.2, -0.15) is 0 Å². The number of para-hydroxylation sites is 2. The molecule has 0 aliphatic heterocycles. The fourth-order valence-electron chi connectivity index (χ4n) is 7.19. The predicted molar refractivity (Wildman–Crippen MR) is 180 cm³/mol. The third-order valence-electron chi connectivity index (χ3n) is 9.23. The number of rotatable bonds is 2. The van der Waals surface area contributed by atoms with Gasteiger partial charge in [-0.1, -0.05) is 103 Å². The summed E-state index contributed by atoms with van der Waals surface area (Å²) in [6.07, 6.45) is 0. The zero-order valence-electron chi connectivity index (χ0n) is 23.6. The second kappa shape index (κ2) is 8.58. The van der Waals surface area contributed by atoms with Crippen LogP contribution in [0.1, 0.15) is 11.1 Å². The van der Waals surface area contributed by atoms with Gasteiger partial charge in [0.15, 0.2) is 0 Å². The number of aromatic nitrogens is 2. The van der Waals surface area contributed by atoms with Crippen LogP contribution in [-0.4, -0.2) is 9.13 Å². The standard InChI is InChI=1S/C40H28N2/c1-25-22-28-13-4-6-16-30(28)40(26(25)2)42-37-20-10-8-18-32(37)34-23-38-33(24-39(34)42)31-17-7-9-19-36(31)41(38)35-21-11-14-27-12-3-5-15-29(27)35/h3-24H,1-2H3. The smallest absolute Gasteiger partial charge is 0.0572 e. The molecule has 0 aliphatic carbocycles. The first-order chi connectivity index (χ1) is 20.7. The Morgan fingerprint density at radius 3 is 1.62 bits per heavy atom. The van der Waals surface area contributed by atoms with Crippen molar-refractivity contribution < 1.29 is 0 Å². The molecule has 0 saturated heterocycles. The van der Waals surface area contributed by atoms with Gasteiger partial charge in [0.1, 0.15) is 0 Å². The molecule has 9 rings (SSSR count). The van der Waals surface area contributed by atoms with Crippen molar-refractivity contribution in [3.63, 3.8) is 0 Å². The Hall–Kier alpha value is -5.34. The molecule has 0 radical (unpaired) electrons. The van der Waals surface area contributed by atoms with E-state index in [2.05, 4.69) is 156 Å². The average molecular weight is 537 g/mol. The molecule has 9 aromatic rings. The van der Waals surface area contributed by atoms with Gasteiger partial charge >= 0.3 is 0 Å². The third kappa shape index (κ3) is 3.09. The van der Waals surface area contributed by atoms with Crippen LogP contribution in [0.25, 0.3) is 76.5 Å². The summed E-state index contributed by atoms with van der Waals surface area (Å²) in [7, 11) is 0. The minimum absolute atomic E-state index is 1.21. The van der Waals surface area contributed by atoms with Crippen molar-refractivity contribution in [2.75, 3.05) is 0 Å². The van der Waals surface area contributed by atoms with Crippen molar-refractivity contribution in [1.29, 1.82) is 0 Å². The Morgan fingerprint density at radius 2 is 0.905 bits per heavy atom. The van der Waals surface area contributed by atoms with E-state index in [9.17, 15) is 0 Å². The summed E-state index contributed by atoms with van der Waals surface area (Å²) in [5.41, 5.74) is 10.0. The summed E-state index contributed by atoms with van der Waals surface area (Å²) in [5.74, 6) is 0. The van der Waals surface area contributed by atoms with Crippen molar-refractivity contribution in [1.82, 2.24) is 9.13 Å². The van der Waals surface area contributed by atoms with Crippen molar-refractivity contribution in [3.8, 4) is 11.4 Å². The molecule has 0 fully saturated rings. The van der Waals surface area contributed by atoms with E-state index in [1.54, 1.807) is 0 Å². The molecular weight excluding hydrogens is 508 g/mol. The number of aryl methyl sites for hydroxylation is 1. The van der Waals surface area contributed by atoms with Crippen LogP contribution in [0.15, 0.2) is 133 Å². The van der Waals surface area contributed by atoms with E-state index in [0.717, 1.165) is 0 Å². The summed E-state index contributed by atoms with van der Waals surface area (Å²) in [4.78, 5) is 0. The Balaban J connectivity index is 1.49. The molecule has 0 N–H and O–H groups in total. The summed E-state index contributed by atoms with van der Waals surface area (Å²) in [6.45, 7) is 4.50. The molecule has 0 bridgehead atoms. The quantitative estimate of drug-likeness (QED) is 0.208. The van der Waals surface area contributed by atoms with Gasteiger partial charge in [0.05, 0.1) is 33.4 Å². The van der Waals surface area contributed by atoms with E-state index in [1.807, 2.05) is 0 Å². The first-order valence-electron chi connectivity index (χ1n) is 14.6. The highest BCUT2D eigenvalue weighted by Crippen LogP contribution is 2.42. The second-order valence-electron chi connectivity index (χ2n) is 11.5. The lowest BCUT2D eigenvalue weighted by Crippen LogP contribution is -2.00. The molecule has 0 saturated carbocycles. The van der Waals surface area contributed by atoms with Crippen molar-refractivity contribution in [2.24, 2.45) is 0 Å². The van der Waals surface area contributed by atoms with E-state index < -0.39 is 0 Å². The second-order valence-corrected chi connectivity index (χ2v) is 11.5. The van der Waals surface area contributed by atoms with E-state index in [0.29, 0.717) is 0 Å². The summed E-state index contributed by atoms with van der Waals surface area (Å²) in [6, 6.07) is 49.0. The van der Waals surface area contributed by atoms with Gasteiger partial charge < -0.3 is 9.13 Å². The zero-order chi connectivity index (χ0) is 27.9. The van der Waals surface area contributed by atoms with E-state index in [1.165, 1.54) is 87.7 Å². The molecule has 0 aliphatic rings. The lowest BCUT2D eigenvalue weighted by molar-refractivity contribution is 1.15. The molecule has 2 aromatic heterocycles. The molecule has 2 nitrogen and oxygen atoms in total. The van der Waals surface area contributed by atoms with Crippen molar-refractivity contribution in [2.45, 2.75) is 13.8 Å². The first kappa shape index (κ1) is 23.4. The third-order valence-corrected chi connectivity index (χ3v) is 9.23.